The fourth-order valence-electron chi connectivity index (χ4n) is 2.39. The van der Waals surface area contributed by atoms with Gasteiger partial charge in [-0.15, -0.1) is 0 Å². The maximum atomic E-state index is 13.9. The van der Waals surface area contributed by atoms with Crippen LogP contribution in [-0.4, -0.2) is 30.7 Å². The van der Waals surface area contributed by atoms with Crippen molar-refractivity contribution in [2.75, 3.05) is 24.5 Å². The van der Waals surface area contributed by atoms with Gasteiger partial charge in [0.2, 0.25) is 0 Å². The number of halogens is 2. The minimum absolute atomic E-state index is 0.244. The van der Waals surface area contributed by atoms with Crippen LogP contribution in [0.15, 0.2) is 16.7 Å². The van der Waals surface area contributed by atoms with E-state index in [1.807, 2.05) is 0 Å². The SMILES string of the molecule is CCCNCC1CCCN1c1ncc(Br)cc1F. The van der Waals surface area contributed by atoms with Gasteiger partial charge in [-0.25, -0.2) is 9.37 Å². The molecule has 5 heteroatoms. The third-order valence-corrected chi connectivity index (χ3v) is 3.68. The summed E-state index contributed by atoms with van der Waals surface area (Å²) in [5.41, 5.74) is 0. The predicted octanol–water partition coefficient (Wildman–Crippen LogP) is 2.95. The van der Waals surface area contributed by atoms with Crippen molar-refractivity contribution in [1.29, 1.82) is 0 Å². The van der Waals surface area contributed by atoms with Crippen LogP contribution >= 0.6 is 15.9 Å². The Labute approximate surface area is 116 Å². The fourth-order valence-corrected chi connectivity index (χ4v) is 2.69. The van der Waals surface area contributed by atoms with Gasteiger partial charge in [0.15, 0.2) is 11.6 Å². The van der Waals surface area contributed by atoms with Crippen molar-refractivity contribution in [2.24, 2.45) is 0 Å². The Bertz CT molecular complexity index is 400. The number of nitrogens with zero attached hydrogens (tertiary/aromatic N) is 2. The topological polar surface area (TPSA) is 28.2 Å². The average molecular weight is 316 g/mol. The Morgan fingerprint density at radius 3 is 3.17 bits per heavy atom. The average Bonchev–Trinajstić information content (AvgIpc) is 2.78. The van der Waals surface area contributed by atoms with Gasteiger partial charge in [0.05, 0.1) is 0 Å². The molecule has 18 heavy (non-hydrogen) atoms. The monoisotopic (exact) mass is 315 g/mol. The fraction of sp³-hybridized carbons (Fsp3) is 0.615. The first-order valence-corrected chi connectivity index (χ1v) is 7.30. The number of rotatable bonds is 5. The van der Waals surface area contributed by atoms with Gasteiger partial charge in [-0.1, -0.05) is 6.92 Å². The van der Waals surface area contributed by atoms with Crippen molar-refractivity contribution in [3.05, 3.63) is 22.6 Å². The Balaban J connectivity index is 2.06. The minimum Gasteiger partial charge on any atom is -0.350 e. The van der Waals surface area contributed by atoms with Gasteiger partial charge in [0.1, 0.15) is 0 Å². The summed E-state index contributed by atoms with van der Waals surface area (Å²) in [5, 5.41) is 3.41. The highest BCUT2D eigenvalue weighted by atomic mass is 79.9. The van der Waals surface area contributed by atoms with Crippen LogP contribution in [0.4, 0.5) is 10.2 Å². The molecule has 1 atom stereocenters. The molecule has 0 spiro atoms. The van der Waals surface area contributed by atoms with E-state index in [9.17, 15) is 4.39 Å². The standard InChI is InChI=1S/C13H19BrFN3/c1-2-5-16-9-11-4-3-6-18(11)13-12(15)7-10(14)8-17-13/h7-8,11,16H,2-6,9H2,1H3. The molecule has 0 radical (unpaired) electrons. The molecule has 1 aliphatic rings. The lowest BCUT2D eigenvalue weighted by molar-refractivity contribution is 0.553. The summed E-state index contributed by atoms with van der Waals surface area (Å²) in [7, 11) is 0. The van der Waals surface area contributed by atoms with Crippen molar-refractivity contribution < 1.29 is 4.39 Å². The van der Waals surface area contributed by atoms with E-state index in [4.69, 9.17) is 0 Å². The molecule has 1 aliphatic heterocycles. The number of aromatic nitrogens is 1. The normalized spacial score (nSPS) is 19.5. The van der Waals surface area contributed by atoms with E-state index in [1.54, 1.807) is 6.20 Å². The molecule has 3 nitrogen and oxygen atoms in total. The predicted molar refractivity (Wildman–Crippen MR) is 75.4 cm³/mol. The molecule has 0 amide bonds. The molecule has 100 valence electrons. The third-order valence-electron chi connectivity index (χ3n) is 3.24. The second-order valence-corrected chi connectivity index (χ2v) is 5.57. The largest absolute Gasteiger partial charge is 0.350 e. The second-order valence-electron chi connectivity index (χ2n) is 4.65. The second kappa shape index (κ2) is 6.48. The maximum absolute atomic E-state index is 13.9. The van der Waals surface area contributed by atoms with Gasteiger partial charge in [0, 0.05) is 29.8 Å². The molecular weight excluding hydrogens is 297 g/mol. The van der Waals surface area contributed by atoms with E-state index in [-0.39, 0.29) is 5.82 Å². The zero-order valence-corrected chi connectivity index (χ0v) is 12.2. The Morgan fingerprint density at radius 2 is 2.44 bits per heavy atom. The van der Waals surface area contributed by atoms with E-state index >= 15 is 0 Å². The molecule has 1 aromatic rings. The number of pyridine rings is 1. The summed E-state index contributed by atoms with van der Waals surface area (Å²) in [6, 6.07) is 1.84. The molecule has 1 saturated heterocycles. The van der Waals surface area contributed by atoms with E-state index < -0.39 is 0 Å². The quantitative estimate of drug-likeness (QED) is 0.847. The van der Waals surface area contributed by atoms with Crippen LogP contribution in [0, 0.1) is 5.82 Å². The summed E-state index contributed by atoms with van der Waals surface area (Å²) >= 11 is 3.24. The molecule has 1 fully saturated rings. The lowest BCUT2D eigenvalue weighted by Crippen LogP contribution is -2.39. The highest BCUT2D eigenvalue weighted by Crippen LogP contribution is 2.27. The minimum atomic E-state index is -0.244. The van der Waals surface area contributed by atoms with E-state index in [0.717, 1.165) is 38.9 Å². The molecule has 0 saturated carbocycles. The van der Waals surface area contributed by atoms with Crippen molar-refractivity contribution in [3.63, 3.8) is 0 Å². The van der Waals surface area contributed by atoms with Crippen LogP contribution in [0.25, 0.3) is 0 Å². The lowest BCUT2D eigenvalue weighted by Gasteiger charge is -2.26. The molecule has 2 rings (SSSR count). The third kappa shape index (κ3) is 3.20. The van der Waals surface area contributed by atoms with Gasteiger partial charge in [0.25, 0.3) is 0 Å². The van der Waals surface area contributed by atoms with Crippen LogP contribution in [0.3, 0.4) is 0 Å². The number of nitrogens with one attached hydrogen (secondary N) is 1. The summed E-state index contributed by atoms with van der Waals surface area (Å²) in [6.07, 6.45) is 4.99. The number of anilines is 1. The molecule has 1 unspecified atom stereocenters. The van der Waals surface area contributed by atoms with Gasteiger partial charge in [-0.05, 0) is 47.8 Å². The van der Waals surface area contributed by atoms with Gasteiger partial charge < -0.3 is 10.2 Å². The first kappa shape index (κ1) is 13.7. The molecule has 1 N–H and O–H groups in total. The Hall–Kier alpha value is -0.680. The maximum Gasteiger partial charge on any atom is 0.166 e. The Morgan fingerprint density at radius 1 is 1.61 bits per heavy atom. The van der Waals surface area contributed by atoms with Crippen molar-refractivity contribution in [1.82, 2.24) is 10.3 Å². The molecule has 2 heterocycles. The highest BCUT2D eigenvalue weighted by molar-refractivity contribution is 9.10. The zero-order valence-electron chi connectivity index (χ0n) is 10.6. The van der Waals surface area contributed by atoms with E-state index in [1.165, 1.54) is 6.07 Å². The van der Waals surface area contributed by atoms with Crippen LogP contribution in [0.2, 0.25) is 0 Å². The first-order valence-electron chi connectivity index (χ1n) is 6.50. The number of hydrogen-bond donors (Lipinski definition) is 1. The van der Waals surface area contributed by atoms with E-state index in [0.29, 0.717) is 16.3 Å². The summed E-state index contributed by atoms with van der Waals surface area (Å²) in [4.78, 5) is 6.30. The highest BCUT2D eigenvalue weighted by Gasteiger charge is 2.27. The first-order chi connectivity index (χ1) is 8.72. The van der Waals surface area contributed by atoms with Crippen LogP contribution < -0.4 is 10.2 Å². The molecule has 1 aromatic heterocycles. The van der Waals surface area contributed by atoms with E-state index in [2.05, 4.69) is 38.1 Å². The van der Waals surface area contributed by atoms with Crippen molar-refractivity contribution in [2.45, 2.75) is 32.2 Å². The summed E-state index contributed by atoms with van der Waals surface area (Å²) < 4.78 is 14.6. The van der Waals surface area contributed by atoms with Gasteiger partial charge in [-0.2, -0.15) is 0 Å². The van der Waals surface area contributed by atoms with Crippen LogP contribution in [-0.2, 0) is 0 Å². The van der Waals surface area contributed by atoms with Crippen LogP contribution in [0.5, 0.6) is 0 Å². The van der Waals surface area contributed by atoms with Gasteiger partial charge >= 0.3 is 0 Å². The number of hydrogen-bond acceptors (Lipinski definition) is 3. The molecule has 0 aliphatic carbocycles. The van der Waals surface area contributed by atoms with Gasteiger partial charge in [-0.3, -0.25) is 0 Å². The van der Waals surface area contributed by atoms with Crippen molar-refractivity contribution in [3.8, 4) is 0 Å². The molecule has 0 aromatic carbocycles. The Kier molecular flexibility index (Phi) is 4.95. The zero-order chi connectivity index (χ0) is 13.0. The smallest absolute Gasteiger partial charge is 0.166 e. The molecule has 0 bridgehead atoms. The summed E-state index contributed by atoms with van der Waals surface area (Å²) in [5.74, 6) is 0.241. The summed E-state index contributed by atoms with van der Waals surface area (Å²) in [6.45, 7) is 4.96. The van der Waals surface area contributed by atoms with Crippen LogP contribution in [0.1, 0.15) is 26.2 Å². The molecular formula is C13H19BrFN3. The lowest BCUT2D eigenvalue weighted by atomic mass is 10.2. The van der Waals surface area contributed by atoms with Crippen molar-refractivity contribution >= 4 is 21.7 Å².